The third-order valence-corrected chi connectivity index (χ3v) is 2.93. The van der Waals surface area contributed by atoms with Crippen LogP contribution in [0.3, 0.4) is 0 Å². The number of hydrogen-bond donors (Lipinski definition) is 2. The number of pyridine rings is 1. The van der Waals surface area contributed by atoms with E-state index in [1.165, 1.54) is 5.56 Å². The molecule has 1 aromatic rings. The fourth-order valence-corrected chi connectivity index (χ4v) is 1.86. The number of aliphatic hydroxyl groups excluding tert-OH is 1. The van der Waals surface area contributed by atoms with E-state index in [0.717, 1.165) is 19.6 Å². The molecular formula is C14H25N3O2. The Bertz CT molecular complexity index is 322. The Kier molecular flexibility index (Phi) is 8.33. The van der Waals surface area contributed by atoms with Crippen LogP contribution in [0.15, 0.2) is 24.5 Å². The molecule has 1 unspecified atom stereocenters. The Morgan fingerprint density at radius 2 is 2.16 bits per heavy atom. The van der Waals surface area contributed by atoms with E-state index in [-0.39, 0.29) is 6.10 Å². The van der Waals surface area contributed by atoms with Crippen molar-refractivity contribution in [1.82, 2.24) is 15.2 Å². The maximum Gasteiger partial charge on any atom is 0.0791 e. The summed E-state index contributed by atoms with van der Waals surface area (Å²) in [6, 6.07) is 4.01. The highest BCUT2D eigenvalue weighted by Crippen LogP contribution is 2.03. The van der Waals surface area contributed by atoms with E-state index in [0.29, 0.717) is 19.7 Å². The third-order valence-electron chi connectivity index (χ3n) is 2.93. The number of rotatable bonds is 10. The molecule has 108 valence electrons. The molecule has 0 fully saturated rings. The average molecular weight is 267 g/mol. The number of nitrogens with one attached hydrogen (secondary N) is 1. The molecule has 0 radical (unpaired) electrons. The van der Waals surface area contributed by atoms with Gasteiger partial charge in [-0.25, -0.2) is 0 Å². The van der Waals surface area contributed by atoms with Gasteiger partial charge in [-0.1, -0.05) is 6.92 Å². The molecule has 19 heavy (non-hydrogen) atoms. The second-order valence-corrected chi connectivity index (χ2v) is 4.53. The molecule has 0 amide bonds. The Balaban J connectivity index is 2.27. The highest BCUT2D eigenvalue weighted by molar-refractivity contribution is 5.09. The van der Waals surface area contributed by atoms with E-state index in [4.69, 9.17) is 4.74 Å². The zero-order valence-corrected chi connectivity index (χ0v) is 11.9. The number of likely N-dealkylation sites (N-methyl/N-ethyl adjacent to an activating group) is 1. The van der Waals surface area contributed by atoms with E-state index in [9.17, 15) is 5.11 Å². The van der Waals surface area contributed by atoms with Gasteiger partial charge in [0.05, 0.1) is 12.7 Å². The molecular weight excluding hydrogens is 242 g/mol. The number of aliphatic hydroxyl groups is 1. The molecule has 1 heterocycles. The first kappa shape index (κ1) is 16.0. The Morgan fingerprint density at radius 3 is 2.79 bits per heavy atom. The van der Waals surface area contributed by atoms with E-state index < -0.39 is 0 Å². The van der Waals surface area contributed by atoms with Gasteiger partial charge in [0, 0.05) is 45.7 Å². The summed E-state index contributed by atoms with van der Waals surface area (Å²) >= 11 is 0. The van der Waals surface area contributed by atoms with Gasteiger partial charge in [-0.05, 0) is 24.2 Å². The highest BCUT2D eigenvalue weighted by Gasteiger charge is 2.10. The predicted molar refractivity (Wildman–Crippen MR) is 75.9 cm³/mol. The maximum absolute atomic E-state index is 9.97. The molecule has 0 aliphatic rings. The topological polar surface area (TPSA) is 57.6 Å². The average Bonchev–Trinajstić information content (AvgIpc) is 2.44. The van der Waals surface area contributed by atoms with Crippen LogP contribution in [0.2, 0.25) is 0 Å². The summed E-state index contributed by atoms with van der Waals surface area (Å²) in [5.74, 6) is 0. The standard InChI is InChI=1S/C14H25N3O2/c1-3-17(11-13-4-6-15-7-5-13)12-14(18)10-16-8-9-19-2/h4-7,14,16,18H,3,8-12H2,1-2H3. The van der Waals surface area contributed by atoms with Crippen LogP contribution in [0.25, 0.3) is 0 Å². The number of nitrogens with zero attached hydrogens (tertiary/aromatic N) is 2. The van der Waals surface area contributed by atoms with Gasteiger partial charge >= 0.3 is 0 Å². The summed E-state index contributed by atoms with van der Waals surface area (Å²) in [5.41, 5.74) is 1.22. The molecule has 2 N–H and O–H groups in total. The first-order valence-corrected chi connectivity index (χ1v) is 6.75. The van der Waals surface area contributed by atoms with Gasteiger partial charge in [-0.15, -0.1) is 0 Å². The van der Waals surface area contributed by atoms with E-state index in [1.54, 1.807) is 19.5 Å². The Morgan fingerprint density at radius 1 is 1.42 bits per heavy atom. The summed E-state index contributed by atoms with van der Waals surface area (Å²) in [6.07, 6.45) is 3.23. The van der Waals surface area contributed by atoms with Gasteiger partial charge in [0.1, 0.15) is 0 Å². The largest absolute Gasteiger partial charge is 0.390 e. The molecule has 5 nitrogen and oxygen atoms in total. The van der Waals surface area contributed by atoms with E-state index in [2.05, 4.69) is 22.1 Å². The first-order valence-electron chi connectivity index (χ1n) is 6.75. The van der Waals surface area contributed by atoms with Crippen LogP contribution in [0, 0.1) is 0 Å². The van der Waals surface area contributed by atoms with Crippen molar-refractivity contribution in [2.45, 2.75) is 19.6 Å². The smallest absolute Gasteiger partial charge is 0.0791 e. The van der Waals surface area contributed by atoms with Crippen molar-refractivity contribution in [2.75, 3.05) is 39.9 Å². The quantitative estimate of drug-likeness (QED) is 0.605. The van der Waals surface area contributed by atoms with Crippen molar-refractivity contribution < 1.29 is 9.84 Å². The van der Waals surface area contributed by atoms with Crippen molar-refractivity contribution in [1.29, 1.82) is 0 Å². The van der Waals surface area contributed by atoms with Crippen molar-refractivity contribution >= 4 is 0 Å². The SMILES string of the molecule is CCN(Cc1ccncc1)CC(O)CNCCOC. The van der Waals surface area contributed by atoms with Gasteiger partial charge < -0.3 is 15.2 Å². The Labute approximate surface area is 115 Å². The van der Waals surface area contributed by atoms with Crippen molar-refractivity contribution in [2.24, 2.45) is 0 Å². The number of aromatic nitrogens is 1. The highest BCUT2D eigenvalue weighted by atomic mass is 16.5. The van der Waals surface area contributed by atoms with Crippen LogP contribution in [0.5, 0.6) is 0 Å². The maximum atomic E-state index is 9.97. The molecule has 1 aromatic heterocycles. The lowest BCUT2D eigenvalue weighted by Crippen LogP contribution is -2.38. The van der Waals surface area contributed by atoms with Crippen molar-refractivity contribution in [3.8, 4) is 0 Å². The normalized spacial score (nSPS) is 12.8. The van der Waals surface area contributed by atoms with Crippen LogP contribution >= 0.6 is 0 Å². The molecule has 1 atom stereocenters. The number of hydrogen-bond acceptors (Lipinski definition) is 5. The summed E-state index contributed by atoms with van der Waals surface area (Å²) in [6.45, 7) is 6.55. The zero-order valence-electron chi connectivity index (χ0n) is 11.9. The predicted octanol–water partition coefficient (Wildman–Crippen LogP) is 0.500. The molecule has 1 rings (SSSR count). The molecule has 0 aromatic carbocycles. The molecule has 0 spiro atoms. The lowest BCUT2D eigenvalue weighted by atomic mass is 10.2. The minimum Gasteiger partial charge on any atom is -0.390 e. The zero-order chi connectivity index (χ0) is 13.9. The number of ether oxygens (including phenoxy) is 1. The summed E-state index contributed by atoms with van der Waals surface area (Å²) in [5, 5.41) is 13.1. The minimum atomic E-state index is -0.362. The molecule has 0 bridgehead atoms. The monoisotopic (exact) mass is 267 g/mol. The molecule has 0 aliphatic heterocycles. The molecule has 0 saturated heterocycles. The minimum absolute atomic E-state index is 0.362. The molecule has 0 aliphatic carbocycles. The fourth-order valence-electron chi connectivity index (χ4n) is 1.86. The summed E-state index contributed by atoms with van der Waals surface area (Å²) in [4.78, 5) is 6.23. The van der Waals surface area contributed by atoms with Crippen molar-refractivity contribution in [3.05, 3.63) is 30.1 Å². The summed E-state index contributed by atoms with van der Waals surface area (Å²) < 4.78 is 4.94. The van der Waals surface area contributed by atoms with Crippen LogP contribution < -0.4 is 5.32 Å². The van der Waals surface area contributed by atoms with Crippen LogP contribution in [-0.2, 0) is 11.3 Å². The second kappa shape index (κ2) is 9.86. The molecule has 5 heteroatoms. The van der Waals surface area contributed by atoms with Gasteiger partial charge in [-0.2, -0.15) is 0 Å². The fraction of sp³-hybridized carbons (Fsp3) is 0.643. The van der Waals surface area contributed by atoms with E-state index >= 15 is 0 Å². The molecule has 0 saturated carbocycles. The van der Waals surface area contributed by atoms with Gasteiger partial charge in [0.25, 0.3) is 0 Å². The van der Waals surface area contributed by atoms with E-state index in [1.807, 2.05) is 12.1 Å². The van der Waals surface area contributed by atoms with Crippen LogP contribution in [0.1, 0.15) is 12.5 Å². The van der Waals surface area contributed by atoms with Gasteiger partial charge in [0.15, 0.2) is 0 Å². The number of methoxy groups -OCH3 is 1. The first-order chi connectivity index (χ1) is 9.26. The van der Waals surface area contributed by atoms with Crippen molar-refractivity contribution in [3.63, 3.8) is 0 Å². The lowest BCUT2D eigenvalue weighted by molar-refractivity contribution is 0.107. The van der Waals surface area contributed by atoms with Gasteiger partial charge in [0.2, 0.25) is 0 Å². The third kappa shape index (κ3) is 7.22. The Hall–Kier alpha value is -1.01. The van der Waals surface area contributed by atoms with Crippen LogP contribution in [0.4, 0.5) is 0 Å². The van der Waals surface area contributed by atoms with Gasteiger partial charge in [-0.3, -0.25) is 9.88 Å². The second-order valence-electron chi connectivity index (χ2n) is 4.53. The summed E-state index contributed by atoms with van der Waals surface area (Å²) in [7, 11) is 1.67. The lowest BCUT2D eigenvalue weighted by Gasteiger charge is -2.23. The van der Waals surface area contributed by atoms with Crippen LogP contribution in [-0.4, -0.2) is 61.0 Å².